The number of thiazole rings is 1. The van der Waals surface area contributed by atoms with Crippen LogP contribution in [0.3, 0.4) is 0 Å². The van der Waals surface area contributed by atoms with Crippen LogP contribution in [0.25, 0.3) is 0 Å². The lowest BCUT2D eigenvalue weighted by Crippen LogP contribution is -2.54. The molecule has 5 heteroatoms. The number of aliphatic hydroxyl groups is 1. The molecule has 1 atom stereocenters. The summed E-state index contributed by atoms with van der Waals surface area (Å²) in [4.78, 5) is 10.0. The van der Waals surface area contributed by atoms with Crippen LogP contribution in [-0.2, 0) is 6.54 Å². The van der Waals surface area contributed by atoms with Crippen molar-refractivity contribution >= 4 is 11.3 Å². The summed E-state index contributed by atoms with van der Waals surface area (Å²) in [5, 5.41) is 13.0. The molecule has 1 N–H and O–H groups in total. The topological polar surface area (TPSA) is 39.6 Å². The van der Waals surface area contributed by atoms with Gasteiger partial charge in [-0.1, -0.05) is 33.1 Å². The minimum Gasteiger partial charge on any atom is -0.396 e. The first kappa shape index (κ1) is 19.3. The number of aliphatic hydroxyl groups excluding tert-OH is 1. The van der Waals surface area contributed by atoms with Crippen molar-refractivity contribution in [2.75, 3.05) is 32.8 Å². The highest BCUT2D eigenvalue weighted by Gasteiger charge is 2.29. The quantitative estimate of drug-likeness (QED) is 0.799. The molecule has 1 aromatic rings. The van der Waals surface area contributed by atoms with Gasteiger partial charge in [-0.2, -0.15) is 0 Å². The highest BCUT2D eigenvalue weighted by molar-refractivity contribution is 7.09. The van der Waals surface area contributed by atoms with Crippen LogP contribution in [0.15, 0.2) is 5.38 Å². The summed E-state index contributed by atoms with van der Waals surface area (Å²) < 4.78 is 0. The van der Waals surface area contributed by atoms with Crippen LogP contribution in [-0.4, -0.2) is 58.7 Å². The Morgan fingerprint density at radius 1 is 1.24 bits per heavy atom. The van der Waals surface area contributed by atoms with E-state index in [9.17, 15) is 5.11 Å². The zero-order chi connectivity index (χ0) is 17.6. The van der Waals surface area contributed by atoms with Crippen molar-refractivity contribution in [3.8, 4) is 0 Å². The lowest BCUT2D eigenvalue weighted by Gasteiger charge is -2.43. The molecule has 0 radical (unpaired) electrons. The Morgan fingerprint density at radius 3 is 2.72 bits per heavy atom. The maximum absolute atomic E-state index is 9.53. The van der Waals surface area contributed by atoms with Crippen molar-refractivity contribution < 1.29 is 5.11 Å². The lowest BCUT2D eigenvalue weighted by atomic mass is 9.88. The lowest BCUT2D eigenvalue weighted by molar-refractivity contribution is 0.0400. The van der Waals surface area contributed by atoms with Crippen LogP contribution in [0.5, 0.6) is 0 Å². The number of piperazine rings is 1. The van der Waals surface area contributed by atoms with Gasteiger partial charge in [-0.15, -0.1) is 11.3 Å². The van der Waals surface area contributed by atoms with E-state index in [4.69, 9.17) is 4.98 Å². The molecule has 1 aliphatic heterocycles. The molecule has 2 heterocycles. The van der Waals surface area contributed by atoms with E-state index in [2.05, 4.69) is 29.0 Å². The van der Waals surface area contributed by atoms with Crippen LogP contribution >= 0.6 is 11.3 Å². The fourth-order valence-corrected chi connectivity index (χ4v) is 5.32. The molecular weight excluding hydrogens is 330 g/mol. The van der Waals surface area contributed by atoms with E-state index in [1.54, 1.807) is 11.3 Å². The molecule has 2 aliphatic rings. The first-order valence-electron chi connectivity index (χ1n) is 10.2. The maximum atomic E-state index is 9.53. The summed E-state index contributed by atoms with van der Waals surface area (Å²) in [6, 6.07) is 0.505. The van der Waals surface area contributed by atoms with E-state index in [1.165, 1.54) is 49.4 Å². The predicted octanol–water partition coefficient (Wildman–Crippen LogP) is 3.72. The Bertz CT molecular complexity index is 513. The highest BCUT2D eigenvalue weighted by atomic mass is 32.1. The van der Waals surface area contributed by atoms with Gasteiger partial charge in [0.15, 0.2) is 0 Å². The number of hydrogen-bond acceptors (Lipinski definition) is 5. The smallest absolute Gasteiger partial charge is 0.107 e. The maximum Gasteiger partial charge on any atom is 0.107 e. The third-order valence-corrected chi connectivity index (χ3v) is 6.74. The second kappa shape index (κ2) is 9.45. The van der Waals surface area contributed by atoms with Gasteiger partial charge in [-0.05, 0) is 31.1 Å². The van der Waals surface area contributed by atoms with Crippen molar-refractivity contribution in [3.05, 3.63) is 16.1 Å². The molecule has 142 valence electrons. The van der Waals surface area contributed by atoms with Crippen LogP contribution in [0, 0.1) is 5.92 Å². The van der Waals surface area contributed by atoms with Gasteiger partial charge in [-0.3, -0.25) is 9.80 Å². The van der Waals surface area contributed by atoms with E-state index in [-0.39, 0.29) is 0 Å². The second-order valence-electron chi connectivity index (χ2n) is 8.22. The molecule has 0 spiro atoms. The average molecular weight is 366 g/mol. The molecule has 0 bridgehead atoms. The fraction of sp³-hybridized carbons (Fsp3) is 0.850. The molecule has 4 nitrogen and oxygen atoms in total. The van der Waals surface area contributed by atoms with Crippen molar-refractivity contribution in [3.63, 3.8) is 0 Å². The largest absolute Gasteiger partial charge is 0.396 e. The van der Waals surface area contributed by atoms with Gasteiger partial charge in [0.25, 0.3) is 0 Å². The normalized spacial score (nSPS) is 24.2. The molecule has 3 rings (SSSR count). The Kier molecular flexibility index (Phi) is 7.28. The summed E-state index contributed by atoms with van der Waals surface area (Å²) in [5.74, 6) is 1.40. The molecule has 0 amide bonds. The first-order valence-corrected chi connectivity index (χ1v) is 11.0. The third-order valence-electron chi connectivity index (χ3n) is 5.89. The van der Waals surface area contributed by atoms with Gasteiger partial charge < -0.3 is 5.11 Å². The summed E-state index contributed by atoms with van der Waals surface area (Å²) in [5.41, 5.74) is 1.22. The summed E-state index contributed by atoms with van der Waals surface area (Å²) >= 11 is 1.80. The van der Waals surface area contributed by atoms with Gasteiger partial charge in [0, 0.05) is 44.2 Å². The molecule has 1 aliphatic carbocycles. The van der Waals surface area contributed by atoms with Crippen LogP contribution < -0.4 is 0 Å². The number of aromatic nitrogens is 1. The summed E-state index contributed by atoms with van der Waals surface area (Å²) in [7, 11) is 0. The Labute approximate surface area is 157 Å². The fourth-order valence-electron chi connectivity index (χ4n) is 4.32. The van der Waals surface area contributed by atoms with Crippen molar-refractivity contribution in [2.24, 2.45) is 5.92 Å². The monoisotopic (exact) mass is 365 g/mol. The van der Waals surface area contributed by atoms with E-state index in [0.29, 0.717) is 18.6 Å². The summed E-state index contributed by atoms with van der Waals surface area (Å²) in [6.45, 7) is 10.3. The van der Waals surface area contributed by atoms with Gasteiger partial charge >= 0.3 is 0 Å². The minimum absolute atomic E-state index is 0.300. The number of hydrogen-bond donors (Lipinski definition) is 1. The van der Waals surface area contributed by atoms with Gasteiger partial charge in [-0.25, -0.2) is 4.98 Å². The number of rotatable bonds is 7. The molecule has 1 aromatic heterocycles. The van der Waals surface area contributed by atoms with Crippen LogP contribution in [0.2, 0.25) is 0 Å². The van der Waals surface area contributed by atoms with E-state index >= 15 is 0 Å². The van der Waals surface area contributed by atoms with E-state index < -0.39 is 0 Å². The average Bonchev–Trinajstić information content (AvgIpc) is 3.07. The standard InChI is InChI=1S/C20H35N3OS/c1-16(2)19-15-25-20(21-19)14-22-9-10-23(18(13-22)8-11-24)12-17-6-4-3-5-7-17/h15-18,24H,3-14H2,1-2H3. The highest BCUT2D eigenvalue weighted by Crippen LogP contribution is 2.27. The molecular formula is C20H35N3OS. The van der Waals surface area contributed by atoms with Crippen LogP contribution in [0.1, 0.15) is 69.0 Å². The minimum atomic E-state index is 0.300. The zero-order valence-electron chi connectivity index (χ0n) is 16.0. The van der Waals surface area contributed by atoms with Gasteiger partial charge in [0.1, 0.15) is 5.01 Å². The molecule has 1 saturated carbocycles. The number of nitrogens with zero attached hydrogens (tertiary/aromatic N) is 3. The van der Waals surface area contributed by atoms with E-state index in [1.807, 2.05) is 0 Å². The summed E-state index contributed by atoms with van der Waals surface area (Å²) in [6.07, 6.45) is 7.97. The third kappa shape index (κ3) is 5.49. The molecule has 0 aromatic carbocycles. The Balaban J connectivity index is 1.54. The zero-order valence-corrected chi connectivity index (χ0v) is 16.8. The second-order valence-corrected chi connectivity index (χ2v) is 9.16. The Morgan fingerprint density at radius 2 is 2.04 bits per heavy atom. The molecule has 1 saturated heterocycles. The van der Waals surface area contributed by atoms with Gasteiger partial charge in [0.05, 0.1) is 12.2 Å². The van der Waals surface area contributed by atoms with Crippen molar-refractivity contribution in [1.82, 2.24) is 14.8 Å². The predicted molar refractivity (Wildman–Crippen MR) is 105 cm³/mol. The van der Waals surface area contributed by atoms with Gasteiger partial charge in [0.2, 0.25) is 0 Å². The SMILES string of the molecule is CC(C)c1csc(CN2CCN(CC3CCCCC3)C(CCO)C2)n1. The van der Waals surface area contributed by atoms with E-state index in [0.717, 1.165) is 38.5 Å². The molecule has 25 heavy (non-hydrogen) atoms. The molecule has 1 unspecified atom stereocenters. The first-order chi connectivity index (χ1) is 12.2. The van der Waals surface area contributed by atoms with Crippen molar-refractivity contribution in [2.45, 2.75) is 70.9 Å². The Hall–Kier alpha value is -0.490. The van der Waals surface area contributed by atoms with Crippen LogP contribution in [0.4, 0.5) is 0 Å². The van der Waals surface area contributed by atoms with Crippen molar-refractivity contribution in [1.29, 1.82) is 0 Å². The molecule has 2 fully saturated rings.